The van der Waals surface area contributed by atoms with Crippen LogP contribution in [0, 0.1) is 11.3 Å². The second kappa shape index (κ2) is 14.7. The number of benzene rings is 1. The van der Waals surface area contributed by atoms with Gasteiger partial charge in [-0.2, -0.15) is 0 Å². The first-order valence-corrected chi connectivity index (χ1v) is 14.3. The molecule has 1 aliphatic rings. The molecule has 1 saturated heterocycles. The Morgan fingerprint density at radius 3 is 2.00 bits per heavy atom. The maximum absolute atomic E-state index is 13.7. The number of hydrogen-bond donors (Lipinski definition) is 1. The number of esters is 1. The highest BCUT2D eigenvalue weighted by Crippen LogP contribution is 2.38. The molecule has 3 atom stereocenters. The quantitative estimate of drug-likeness (QED) is 0.365. The minimum absolute atomic E-state index is 0.0703. The summed E-state index contributed by atoms with van der Waals surface area (Å²) in [6.07, 6.45) is 1.78. The van der Waals surface area contributed by atoms with Gasteiger partial charge in [-0.3, -0.25) is 14.5 Å². The number of amides is 2. The summed E-state index contributed by atoms with van der Waals surface area (Å²) in [4.78, 5) is 42.7. The number of thioether (sulfide) groups is 1. The predicted molar refractivity (Wildman–Crippen MR) is 158 cm³/mol. The summed E-state index contributed by atoms with van der Waals surface area (Å²) < 4.78 is 4.85. The van der Waals surface area contributed by atoms with Crippen LogP contribution in [0.4, 0.5) is 0 Å². The number of nitrogens with one attached hydrogen (secondary N) is 1. The zero-order valence-electron chi connectivity index (χ0n) is 25.2. The normalized spacial score (nSPS) is 19.2. The molecule has 1 aromatic carbocycles. The lowest BCUT2D eigenvalue weighted by molar-refractivity contribution is -0.141. The molecule has 7 nitrogen and oxygen atoms in total. The number of likely N-dealkylation sites (N-methyl/N-ethyl adjacent to an activating group) is 2. The molecule has 0 radical (unpaired) electrons. The van der Waals surface area contributed by atoms with Gasteiger partial charge in [-0.15, -0.1) is 11.8 Å². The maximum Gasteiger partial charge on any atom is 0.333 e. The van der Waals surface area contributed by atoms with Crippen LogP contribution < -0.4 is 5.32 Å². The van der Waals surface area contributed by atoms with Gasteiger partial charge in [0.1, 0.15) is 12.1 Å². The summed E-state index contributed by atoms with van der Waals surface area (Å²) in [6, 6.07) is 10.7. The number of nitrogens with zero attached hydrogens (tertiary/aromatic N) is 2. The molecular weight excluding hydrogens is 498 g/mol. The molecule has 214 valence electrons. The zero-order chi connectivity index (χ0) is 29.3. The number of ether oxygens (including phenoxy) is 1. The van der Waals surface area contributed by atoms with E-state index >= 15 is 0 Å². The molecule has 38 heavy (non-hydrogen) atoms. The predicted octanol–water partition coefficient (Wildman–Crippen LogP) is 4.98. The van der Waals surface area contributed by atoms with E-state index in [1.54, 1.807) is 43.6 Å². The van der Waals surface area contributed by atoms with Crippen LogP contribution >= 0.6 is 11.8 Å². The van der Waals surface area contributed by atoms with Gasteiger partial charge in [0.05, 0.1) is 12.6 Å². The average molecular weight is 548 g/mol. The van der Waals surface area contributed by atoms with Crippen LogP contribution in [0.1, 0.15) is 62.3 Å². The molecule has 2 unspecified atom stereocenters. The molecule has 1 aliphatic heterocycles. The Hall–Kier alpha value is -2.32. The molecule has 1 heterocycles. The molecule has 8 heteroatoms. The van der Waals surface area contributed by atoms with E-state index in [-0.39, 0.29) is 40.5 Å². The third-order valence-electron chi connectivity index (χ3n) is 6.55. The fourth-order valence-electron chi connectivity index (χ4n) is 4.39. The summed E-state index contributed by atoms with van der Waals surface area (Å²) in [6.45, 7) is 17.7. The molecular formula is C30H49N3O4S. The Balaban J connectivity index is 0.00000105. The lowest BCUT2D eigenvalue weighted by Crippen LogP contribution is -2.60. The van der Waals surface area contributed by atoms with Gasteiger partial charge in [0.2, 0.25) is 11.8 Å². The van der Waals surface area contributed by atoms with Crippen molar-refractivity contribution >= 4 is 29.5 Å². The Bertz CT molecular complexity index is 914. The van der Waals surface area contributed by atoms with E-state index in [9.17, 15) is 14.4 Å². The van der Waals surface area contributed by atoms with Gasteiger partial charge in [0, 0.05) is 23.2 Å². The lowest BCUT2D eigenvalue weighted by Gasteiger charge is -2.39. The van der Waals surface area contributed by atoms with E-state index in [4.69, 9.17) is 4.74 Å². The van der Waals surface area contributed by atoms with Gasteiger partial charge in [0.25, 0.3) is 0 Å². The van der Waals surface area contributed by atoms with Crippen molar-refractivity contribution in [2.45, 2.75) is 85.2 Å². The Morgan fingerprint density at radius 1 is 1.13 bits per heavy atom. The minimum atomic E-state index is -0.702. The Morgan fingerprint density at radius 2 is 1.63 bits per heavy atom. The smallest absolute Gasteiger partial charge is 0.333 e. The van der Waals surface area contributed by atoms with Crippen molar-refractivity contribution in [1.82, 2.24) is 15.1 Å². The molecule has 0 saturated carbocycles. The first-order chi connectivity index (χ1) is 17.5. The van der Waals surface area contributed by atoms with E-state index < -0.39 is 11.5 Å². The molecule has 2 amide bonds. The SMILES string of the molecule is CCOC(=O)/C(C)=C/C(C(C)C)N(C)C(=O)[C@@H](NC(=O)C1N(C)CSC1(C)C)C(C)(C)C.c1ccccc1. The number of rotatable bonds is 8. The van der Waals surface area contributed by atoms with Crippen molar-refractivity contribution in [3.05, 3.63) is 48.0 Å². The highest BCUT2D eigenvalue weighted by atomic mass is 32.2. The second-order valence-electron chi connectivity index (χ2n) is 11.8. The van der Waals surface area contributed by atoms with Crippen molar-refractivity contribution in [1.29, 1.82) is 0 Å². The van der Waals surface area contributed by atoms with Crippen molar-refractivity contribution in [3.8, 4) is 0 Å². The number of carbonyl (C=O) groups is 3. The summed E-state index contributed by atoms with van der Waals surface area (Å²) in [7, 11) is 3.66. The fraction of sp³-hybridized carbons (Fsp3) is 0.633. The first-order valence-electron chi connectivity index (χ1n) is 13.3. The highest BCUT2D eigenvalue weighted by molar-refractivity contribution is 8.00. The average Bonchev–Trinajstić information content (AvgIpc) is 3.12. The second-order valence-corrected chi connectivity index (χ2v) is 13.4. The molecule has 0 aromatic heterocycles. The summed E-state index contributed by atoms with van der Waals surface area (Å²) >= 11 is 1.73. The first kappa shape index (κ1) is 33.7. The molecule has 2 rings (SSSR count). The third-order valence-corrected chi connectivity index (χ3v) is 8.05. The van der Waals surface area contributed by atoms with Crippen LogP contribution in [0.5, 0.6) is 0 Å². The van der Waals surface area contributed by atoms with Gasteiger partial charge in [-0.25, -0.2) is 4.79 Å². The number of carbonyl (C=O) groups excluding carboxylic acids is 3. The monoisotopic (exact) mass is 547 g/mol. The van der Waals surface area contributed by atoms with Crippen LogP contribution in [-0.2, 0) is 19.1 Å². The molecule has 0 aliphatic carbocycles. The van der Waals surface area contributed by atoms with Crippen molar-refractivity contribution < 1.29 is 19.1 Å². The number of hydrogen-bond acceptors (Lipinski definition) is 6. The molecule has 0 bridgehead atoms. The van der Waals surface area contributed by atoms with Crippen LogP contribution in [0.25, 0.3) is 0 Å². The fourth-order valence-corrected chi connectivity index (χ4v) is 5.52. The van der Waals surface area contributed by atoms with Crippen LogP contribution in [-0.4, -0.2) is 77.0 Å². The van der Waals surface area contributed by atoms with Gasteiger partial charge in [0.15, 0.2) is 0 Å². The highest BCUT2D eigenvalue weighted by Gasteiger charge is 2.46. The van der Waals surface area contributed by atoms with Gasteiger partial charge < -0.3 is 15.0 Å². The maximum atomic E-state index is 13.7. The van der Waals surface area contributed by atoms with Gasteiger partial charge in [-0.1, -0.05) is 77.1 Å². The summed E-state index contributed by atoms with van der Waals surface area (Å²) in [5, 5.41) is 3.06. The van der Waals surface area contributed by atoms with Crippen LogP contribution in [0.2, 0.25) is 0 Å². The largest absolute Gasteiger partial charge is 0.463 e. The van der Waals surface area contributed by atoms with E-state index in [0.717, 1.165) is 5.88 Å². The molecule has 1 fully saturated rings. The summed E-state index contributed by atoms with van der Waals surface area (Å²) in [5.74, 6) is 0.142. The zero-order valence-corrected chi connectivity index (χ0v) is 26.0. The lowest BCUT2D eigenvalue weighted by atomic mass is 9.84. The molecule has 0 spiro atoms. The topological polar surface area (TPSA) is 79.0 Å². The van der Waals surface area contributed by atoms with Crippen molar-refractivity contribution in [2.24, 2.45) is 11.3 Å². The van der Waals surface area contributed by atoms with Gasteiger partial charge in [-0.05, 0) is 46.1 Å². The van der Waals surface area contributed by atoms with E-state index in [0.29, 0.717) is 12.2 Å². The summed E-state index contributed by atoms with van der Waals surface area (Å²) in [5.41, 5.74) is -0.0235. The third kappa shape index (κ3) is 9.77. The van der Waals surface area contributed by atoms with E-state index in [2.05, 4.69) is 19.2 Å². The van der Waals surface area contributed by atoms with Gasteiger partial charge >= 0.3 is 5.97 Å². The molecule has 1 aromatic rings. The van der Waals surface area contributed by atoms with Crippen molar-refractivity contribution in [2.75, 3.05) is 26.6 Å². The van der Waals surface area contributed by atoms with Crippen LogP contribution in [0.3, 0.4) is 0 Å². The Labute approximate surface area is 234 Å². The molecule has 1 N–H and O–H groups in total. The van der Waals surface area contributed by atoms with Crippen LogP contribution in [0.15, 0.2) is 48.0 Å². The Kier molecular flexibility index (Phi) is 13.1. The minimum Gasteiger partial charge on any atom is -0.463 e. The standard InChI is InChI=1S/C24H43N3O4S.C6H6/c1-12-31-22(30)16(4)13-17(15(2)3)27(11)21(29)18(23(5,6)7)25-20(28)19-24(8,9)32-14-26(19)10;1-2-4-6-5-3-1/h13,15,17-19H,12,14H2,1-11H3,(H,25,28);1-6H/b16-13+;/t17?,18-,19?;/m1./s1. The van der Waals surface area contributed by atoms with Crippen molar-refractivity contribution in [3.63, 3.8) is 0 Å². The van der Waals surface area contributed by atoms with E-state index in [1.807, 2.05) is 83.0 Å². The van der Waals surface area contributed by atoms with E-state index in [1.165, 1.54) is 0 Å².